The van der Waals surface area contributed by atoms with Gasteiger partial charge in [-0.05, 0) is 43.1 Å². The second kappa shape index (κ2) is 9.04. The van der Waals surface area contributed by atoms with Crippen LogP contribution >= 0.6 is 0 Å². The molecular weight excluding hydrogens is 316 g/mol. The molecule has 0 radical (unpaired) electrons. The lowest BCUT2D eigenvalue weighted by molar-refractivity contribution is 0.115. The number of guanidine groups is 1. The largest absolute Gasteiger partial charge is 0.477 e. The van der Waals surface area contributed by atoms with Gasteiger partial charge in [0.25, 0.3) is 0 Å². The fourth-order valence-electron chi connectivity index (χ4n) is 2.50. The van der Waals surface area contributed by atoms with Gasteiger partial charge in [-0.2, -0.15) is 0 Å². The summed E-state index contributed by atoms with van der Waals surface area (Å²) in [6.45, 7) is 3.96. The lowest BCUT2D eigenvalue weighted by atomic mass is 10.3. The molecule has 0 unspecified atom stereocenters. The molecule has 0 saturated heterocycles. The van der Waals surface area contributed by atoms with Crippen molar-refractivity contribution in [1.82, 2.24) is 15.2 Å². The minimum absolute atomic E-state index is 0.690. The normalized spacial score (nSPS) is 17.4. The van der Waals surface area contributed by atoms with Crippen LogP contribution in [0, 0.1) is 11.8 Å². The van der Waals surface area contributed by atoms with Crippen LogP contribution in [0.15, 0.2) is 23.3 Å². The summed E-state index contributed by atoms with van der Waals surface area (Å²) in [5, 5.41) is 3.37. The Morgan fingerprint density at radius 1 is 1.24 bits per heavy atom. The van der Waals surface area contributed by atoms with Crippen LogP contribution in [0.25, 0.3) is 0 Å². The number of aliphatic imine (C=N–C) groups is 1. The number of rotatable bonds is 10. The van der Waals surface area contributed by atoms with Gasteiger partial charge in [-0.15, -0.1) is 0 Å². The first-order valence-electron chi connectivity index (χ1n) is 9.32. The predicted molar refractivity (Wildman–Crippen MR) is 98.8 cm³/mol. The van der Waals surface area contributed by atoms with E-state index < -0.39 is 0 Å². The molecule has 0 aromatic carbocycles. The molecule has 0 amide bonds. The van der Waals surface area contributed by atoms with Crippen LogP contribution in [0.5, 0.6) is 5.88 Å². The number of nitrogens with zero attached hydrogens (tertiary/aromatic N) is 3. The molecule has 3 rings (SSSR count). The molecule has 2 aliphatic rings. The summed E-state index contributed by atoms with van der Waals surface area (Å²) >= 11 is 0. The van der Waals surface area contributed by atoms with E-state index in [1.807, 2.05) is 25.4 Å². The fraction of sp³-hybridized carbons (Fsp3) is 0.684. The summed E-state index contributed by atoms with van der Waals surface area (Å²) in [7, 11) is 3.83. The second-order valence-corrected chi connectivity index (χ2v) is 7.10. The maximum atomic E-state index is 5.69. The zero-order valence-electron chi connectivity index (χ0n) is 15.4. The van der Waals surface area contributed by atoms with Gasteiger partial charge in [-0.3, -0.25) is 4.99 Å². The molecule has 2 saturated carbocycles. The number of likely N-dealkylation sites (N-methyl/N-ethyl adjacent to an activating group) is 1. The van der Waals surface area contributed by atoms with E-state index in [9.17, 15) is 0 Å². The average molecular weight is 346 g/mol. The Labute approximate surface area is 150 Å². The molecule has 138 valence electrons. The Morgan fingerprint density at radius 2 is 2.00 bits per heavy atom. The second-order valence-electron chi connectivity index (χ2n) is 7.10. The monoisotopic (exact) mass is 346 g/mol. The van der Waals surface area contributed by atoms with Crippen molar-refractivity contribution in [2.75, 3.05) is 40.5 Å². The van der Waals surface area contributed by atoms with Crippen molar-refractivity contribution in [1.29, 1.82) is 0 Å². The van der Waals surface area contributed by atoms with Crippen LogP contribution in [-0.2, 0) is 11.3 Å². The van der Waals surface area contributed by atoms with Gasteiger partial charge >= 0.3 is 0 Å². The van der Waals surface area contributed by atoms with Crippen LogP contribution in [0.2, 0.25) is 0 Å². The molecule has 0 spiro atoms. The summed E-state index contributed by atoms with van der Waals surface area (Å²) in [6.07, 6.45) is 7.11. The van der Waals surface area contributed by atoms with Gasteiger partial charge in [0.1, 0.15) is 0 Å². The summed E-state index contributed by atoms with van der Waals surface area (Å²) in [4.78, 5) is 10.8. The van der Waals surface area contributed by atoms with Gasteiger partial charge in [-0.25, -0.2) is 4.98 Å². The highest BCUT2D eigenvalue weighted by Gasteiger charge is 2.22. The molecular formula is C19H30N4O2. The molecule has 25 heavy (non-hydrogen) atoms. The van der Waals surface area contributed by atoms with Crippen molar-refractivity contribution in [3.8, 4) is 5.88 Å². The fourth-order valence-corrected chi connectivity index (χ4v) is 2.50. The third-order valence-corrected chi connectivity index (χ3v) is 4.61. The van der Waals surface area contributed by atoms with Crippen molar-refractivity contribution >= 4 is 5.96 Å². The minimum atomic E-state index is 0.690. The third-order valence-electron chi connectivity index (χ3n) is 4.61. The molecule has 2 fully saturated rings. The molecule has 6 nitrogen and oxygen atoms in total. The summed E-state index contributed by atoms with van der Waals surface area (Å²) in [5.41, 5.74) is 1.11. The molecule has 0 aliphatic heterocycles. The quantitative estimate of drug-likeness (QED) is 0.400. The highest BCUT2D eigenvalue weighted by atomic mass is 16.5. The first-order valence-corrected chi connectivity index (χ1v) is 9.32. The summed E-state index contributed by atoms with van der Waals surface area (Å²) < 4.78 is 11.4. The van der Waals surface area contributed by atoms with Crippen molar-refractivity contribution in [2.45, 2.75) is 32.2 Å². The predicted octanol–water partition coefficient (Wildman–Crippen LogP) is 2.30. The number of hydrogen-bond donors (Lipinski definition) is 1. The summed E-state index contributed by atoms with van der Waals surface area (Å²) in [6, 6.07) is 3.99. The SMILES string of the molecule is CN=C(NCc1ccc(OCC2CC2)nc1)N(C)CCOCC1CC1. The van der Waals surface area contributed by atoms with Crippen molar-refractivity contribution in [2.24, 2.45) is 16.8 Å². The Kier molecular flexibility index (Phi) is 6.50. The Morgan fingerprint density at radius 3 is 2.64 bits per heavy atom. The first-order chi connectivity index (χ1) is 12.2. The summed E-state index contributed by atoms with van der Waals surface area (Å²) in [5.74, 6) is 3.13. The van der Waals surface area contributed by atoms with E-state index in [4.69, 9.17) is 9.47 Å². The number of aromatic nitrogens is 1. The number of ether oxygens (including phenoxy) is 2. The van der Waals surface area contributed by atoms with E-state index in [1.54, 1.807) is 7.05 Å². The average Bonchev–Trinajstić information content (AvgIpc) is 3.53. The first kappa shape index (κ1) is 18.0. The molecule has 2 aliphatic carbocycles. The highest BCUT2D eigenvalue weighted by molar-refractivity contribution is 5.79. The van der Waals surface area contributed by atoms with Crippen molar-refractivity contribution < 1.29 is 9.47 Å². The maximum Gasteiger partial charge on any atom is 0.213 e. The van der Waals surface area contributed by atoms with E-state index in [2.05, 4.69) is 20.2 Å². The molecule has 1 N–H and O–H groups in total. The number of hydrogen-bond acceptors (Lipinski definition) is 4. The highest BCUT2D eigenvalue weighted by Crippen LogP contribution is 2.29. The molecule has 0 atom stereocenters. The van der Waals surface area contributed by atoms with E-state index >= 15 is 0 Å². The van der Waals surface area contributed by atoms with Gasteiger partial charge in [-0.1, -0.05) is 6.07 Å². The van der Waals surface area contributed by atoms with Gasteiger partial charge in [0.2, 0.25) is 5.88 Å². The minimum Gasteiger partial charge on any atom is -0.477 e. The smallest absolute Gasteiger partial charge is 0.213 e. The van der Waals surface area contributed by atoms with Gasteiger partial charge in [0, 0.05) is 46.1 Å². The molecule has 1 aromatic rings. The zero-order valence-corrected chi connectivity index (χ0v) is 15.4. The third kappa shape index (κ3) is 6.53. The van der Waals surface area contributed by atoms with Crippen molar-refractivity contribution in [3.63, 3.8) is 0 Å². The van der Waals surface area contributed by atoms with E-state index in [0.717, 1.165) is 49.7 Å². The molecule has 1 heterocycles. The molecule has 6 heteroatoms. The van der Waals surface area contributed by atoms with Crippen LogP contribution in [0.1, 0.15) is 31.2 Å². The van der Waals surface area contributed by atoms with Crippen LogP contribution in [-0.4, -0.2) is 56.3 Å². The standard InChI is InChI=1S/C19H30N4O2/c1-20-19(23(2)9-10-24-13-15-3-4-15)22-12-17-7-8-18(21-11-17)25-14-16-5-6-16/h7-8,11,15-16H,3-6,9-10,12-14H2,1-2H3,(H,20,22). The van der Waals surface area contributed by atoms with Crippen molar-refractivity contribution in [3.05, 3.63) is 23.9 Å². The lowest BCUT2D eigenvalue weighted by Crippen LogP contribution is -2.40. The number of nitrogens with one attached hydrogen (secondary N) is 1. The topological polar surface area (TPSA) is 59.0 Å². The van der Waals surface area contributed by atoms with Gasteiger partial charge < -0.3 is 19.7 Å². The van der Waals surface area contributed by atoms with E-state index in [1.165, 1.54) is 25.7 Å². The van der Waals surface area contributed by atoms with Gasteiger partial charge in [0.15, 0.2) is 5.96 Å². The Hall–Kier alpha value is -1.82. The lowest BCUT2D eigenvalue weighted by Gasteiger charge is -2.22. The van der Waals surface area contributed by atoms with E-state index in [-0.39, 0.29) is 0 Å². The maximum absolute atomic E-state index is 5.69. The van der Waals surface area contributed by atoms with Crippen LogP contribution < -0.4 is 10.1 Å². The molecule has 1 aromatic heterocycles. The number of pyridine rings is 1. The zero-order chi connectivity index (χ0) is 17.5. The van der Waals surface area contributed by atoms with Gasteiger partial charge in [0.05, 0.1) is 13.2 Å². The van der Waals surface area contributed by atoms with Crippen LogP contribution in [0.4, 0.5) is 0 Å². The Balaban J connectivity index is 1.35. The molecule has 0 bridgehead atoms. The van der Waals surface area contributed by atoms with Crippen LogP contribution in [0.3, 0.4) is 0 Å². The Bertz CT molecular complexity index is 553. The van der Waals surface area contributed by atoms with E-state index in [0.29, 0.717) is 12.4 Å².